The van der Waals surface area contributed by atoms with Crippen LogP contribution in [0.15, 0.2) is 41.0 Å². The van der Waals surface area contributed by atoms with Gasteiger partial charge in [0, 0.05) is 16.6 Å². The molecule has 0 saturated heterocycles. The molecular weight excluding hydrogens is 364 g/mol. The van der Waals surface area contributed by atoms with E-state index in [2.05, 4.69) is 20.3 Å². The maximum absolute atomic E-state index is 12.4. The molecule has 3 aromatic rings. The second kappa shape index (κ2) is 7.29. The van der Waals surface area contributed by atoms with Gasteiger partial charge in [-0.25, -0.2) is 15.0 Å². The minimum absolute atomic E-state index is 0.162. The third kappa shape index (κ3) is 3.75. The number of anilines is 1. The van der Waals surface area contributed by atoms with Crippen LogP contribution in [-0.4, -0.2) is 27.1 Å². The maximum atomic E-state index is 12.4. The molecule has 0 aliphatic carbocycles. The van der Waals surface area contributed by atoms with Crippen LogP contribution in [0.25, 0.3) is 11.3 Å². The number of nitrogens with zero attached hydrogens (tertiary/aromatic N) is 3. The van der Waals surface area contributed by atoms with Gasteiger partial charge in [0.2, 0.25) is 0 Å². The van der Waals surface area contributed by atoms with Gasteiger partial charge in [-0.1, -0.05) is 35.5 Å². The molecule has 2 heterocycles. The van der Waals surface area contributed by atoms with E-state index >= 15 is 0 Å². The summed E-state index contributed by atoms with van der Waals surface area (Å²) in [6, 6.07) is 7.48. The minimum Gasteiger partial charge on any atom is -0.321 e. The number of thiazole rings is 1. The SMILES string of the molecule is CSc1ncc(Cl)c(C(=O)Nc2ccc(-c3csc(C)n3)cc2)n1. The number of thioether (sulfide) groups is 1. The molecular formula is C16H13ClN4OS2. The van der Waals surface area contributed by atoms with Crippen molar-refractivity contribution in [2.45, 2.75) is 12.1 Å². The van der Waals surface area contributed by atoms with E-state index in [9.17, 15) is 4.79 Å². The molecule has 0 radical (unpaired) electrons. The van der Waals surface area contributed by atoms with Gasteiger partial charge >= 0.3 is 0 Å². The summed E-state index contributed by atoms with van der Waals surface area (Å²) < 4.78 is 0. The molecule has 5 nitrogen and oxygen atoms in total. The van der Waals surface area contributed by atoms with Gasteiger partial charge in [0.25, 0.3) is 5.91 Å². The summed E-state index contributed by atoms with van der Waals surface area (Å²) in [6.07, 6.45) is 3.27. The fourth-order valence-corrected chi connectivity index (χ4v) is 3.16. The highest BCUT2D eigenvalue weighted by Crippen LogP contribution is 2.24. The Hall–Kier alpha value is -1.96. The molecule has 1 N–H and O–H groups in total. The number of carbonyl (C=O) groups excluding carboxylic acids is 1. The Morgan fingerprint density at radius 2 is 2.00 bits per heavy atom. The number of hydrogen-bond donors (Lipinski definition) is 1. The first-order valence-electron chi connectivity index (χ1n) is 6.97. The van der Waals surface area contributed by atoms with E-state index in [1.54, 1.807) is 11.3 Å². The molecule has 2 aromatic heterocycles. The minimum atomic E-state index is -0.366. The van der Waals surface area contributed by atoms with E-state index in [0.717, 1.165) is 16.3 Å². The van der Waals surface area contributed by atoms with Gasteiger partial charge in [0.1, 0.15) is 0 Å². The van der Waals surface area contributed by atoms with Crippen molar-refractivity contribution >= 4 is 46.3 Å². The Balaban J connectivity index is 1.77. The van der Waals surface area contributed by atoms with E-state index in [1.807, 2.05) is 42.8 Å². The lowest BCUT2D eigenvalue weighted by molar-refractivity contribution is 0.102. The molecule has 0 fully saturated rings. The molecule has 0 saturated carbocycles. The van der Waals surface area contributed by atoms with Crippen LogP contribution in [0, 0.1) is 6.92 Å². The fourth-order valence-electron chi connectivity index (χ4n) is 2.02. The second-order valence-corrected chi connectivity index (χ2v) is 7.08. The smallest absolute Gasteiger partial charge is 0.275 e. The molecule has 0 aliphatic rings. The van der Waals surface area contributed by atoms with Crippen molar-refractivity contribution in [3.63, 3.8) is 0 Å². The third-order valence-electron chi connectivity index (χ3n) is 3.18. The molecule has 0 unspecified atom stereocenters. The predicted octanol–water partition coefficient (Wildman–Crippen LogP) is 4.54. The van der Waals surface area contributed by atoms with Crippen molar-refractivity contribution in [3.8, 4) is 11.3 Å². The highest BCUT2D eigenvalue weighted by atomic mass is 35.5. The summed E-state index contributed by atoms with van der Waals surface area (Å²) in [6.45, 7) is 1.97. The Morgan fingerprint density at radius 1 is 1.25 bits per heavy atom. The number of halogens is 1. The van der Waals surface area contributed by atoms with Gasteiger partial charge in [-0.3, -0.25) is 4.79 Å². The predicted molar refractivity (Wildman–Crippen MR) is 99.1 cm³/mol. The summed E-state index contributed by atoms with van der Waals surface area (Å²) in [5.41, 5.74) is 2.76. The van der Waals surface area contributed by atoms with Crippen molar-refractivity contribution in [1.29, 1.82) is 0 Å². The lowest BCUT2D eigenvalue weighted by atomic mass is 10.1. The first kappa shape index (κ1) is 16.9. The standard InChI is InChI=1S/C16H13ClN4OS2/c1-9-19-13(8-24-9)10-3-5-11(6-4-10)20-15(22)14-12(17)7-18-16(21-14)23-2/h3-8H,1-2H3,(H,20,22). The topological polar surface area (TPSA) is 67.8 Å². The molecule has 24 heavy (non-hydrogen) atoms. The molecule has 0 atom stereocenters. The van der Waals surface area contributed by atoms with E-state index in [4.69, 9.17) is 11.6 Å². The molecule has 1 aromatic carbocycles. The normalized spacial score (nSPS) is 10.6. The zero-order chi connectivity index (χ0) is 17.1. The lowest BCUT2D eigenvalue weighted by Gasteiger charge is -2.07. The van der Waals surface area contributed by atoms with Crippen molar-refractivity contribution < 1.29 is 4.79 Å². The maximum Gasteiger partial charge on any atom is 0.275 e. The summed E-state index contributed by atoms with van der Waals surface area (Å²) in [7, 11) is 0. The number of nitrogens with one attached hydrogen (secondary N) is 1. The fraction of sp³-hybridized carbons (Fsp3) is 0.125. The molecule has 0 aliphatic heterocycles. The van der Waals surface area contributed by atoms with Crippen LogP contribution in [0.2, 0.25) is 5.02 Å². The Labute approximate surface area is 152 Å². The highest BCUT2D eigenvalue weighted by molar-refractivity contribution is 7.98. The van der Waals surface area contributed by atoms with E-state index in [-0.39, 0.29) is 16.6 Å². The van der Waals surface area contributed by atoms with Crippen molar-refractivity contribution in [3.05, 3.63) is 51.6 Å². The summed E-state index contributed by atoms with van der Waals surface area (Å²) in [4.78, 5) is 25.0. The molecule has 0 bridgehead atoms. The first-order chi connectivity index (χ1) is 11.6. The van der Waals surface area contributed by atoms with Crippen molar-refractivity contribution in [2.24, 2.45) is 0 Å². The molecule has 0 spiro atoms. The van der Waals surface area contributed by atoms with Gasteiger partial charge < -0.3 is 5.32 Å². The van der Waals surface area contributed by atoms with Gasteiger partial charge in [0.15, 0.2) is 10.9 Å². The zero-order valence-electron chi connectivity index (χ0n) is 12.9. The summed E-state index contributed by atoms with van der Waals surface area (Å²) in [5.74, 6) is -0.366. The van der Waals surface area contributed by atoms with Crippen molar-refractivity contribution in [2.75, 3.05) is 11.6 Å². The average Bonchev–Trinajstić information content (AvgIpc) is 3.02. The van der Waals surface area contributed by atoms with Crippen LogP contribution < -0.4 is 5.32 Å². The molecule has 3 rings (SSSR count). The summed E-state index contributed by atoms with van der Waals surface area (Å²) in [5, 5.41) is 6.54. The second-order valence-electron chi connectivity index (χ2n) is 4.84. The zero-order valence-corrected chi connectivity index (χ0v) is 15.3. The number of hydrogen-bond acceptors (Lipinski definition) is 6. The average molecular weight is 377 g/mol. The van der Waals surface area contributed by atoms with Gasteiger partial charge in [-0.05, 0) is 25.3 Å². The van der Waals surface area contributed by atoms with Gasteiger partial charge in [-0.15, -0.1) is 11.3 Å². The van der Waals surface area contributed by atoms with Crippen LogP contribution in [0.5, 0.6) is 0 Å². The van der Waals surface area contributed by atoms with Crippen molar-refractivity contribution in [1.82, 2.24) is 15.0 Å². The van der Waals surface area contributed by atoms with E-state index in [1.165, 1.54) is 18.0 Å². The largest absolute Gasteiger partial charge is 0.321 e. The van der Waals surface area contributed by atoms with E-state index in [0.29, 0.717) is 10.8 Å². The quantitative estimate of drug-likeness (QED) is 0.535. The number of aryl methyl sites for hydroxylation is 1. The Bertz CT molecular complexity index is 880. The molecule has 122 valence electrons. The third-order valence-corrected chi connectivity index (χ3v) is 4.79. The van der Waals surface area contributed by atoms with Crippen LogP contribution in [-0.2, 0) is 0 Å². The lowest BCUT2D eigenvalue weighted by Crippen LogP contribution is -2.15. The Morgan fingerprint density at radius 3 is 2.62 bits per heavy atom. The van der Waals surface area contributed by atoms with Crippen LogP contribution in [0.4, 0.5) is 5.69 Å². The number of rotatable bonds is 4. The van der Waals surface area contributed by atoms with E-state index < -0.39 is 0 Å². The number of benzene rings is 1. The van der Waals surface area contributed by atoms with Crippen LogP contribution in [0.3, 0.4) is 0 Å². The highest BCUT2D eigenvalue weighted by Gasteiger charge is 2.14. The van der Waals surface area contributed by atoms with Crippen LogP contribution in [0.1, 0.15) is 15.5 Å². The number of amides is 1. The Kier molecular flexibility index (Phi) is 5.13. The first-order valence-corrected chi connectivity index (χ1v) is 9.45. The monoisotopic (exact) mass is 376 g/mol. The number of aromatic nitrogens is 3. The molecule has 8 heteroatoms. The summed E-state index contributed by atoms with van der Waals surface area (Å²) >= 11 is 8.97. The molecule has 1 amide bonds. The van der Waals surface area contributed by atoms with Gasteiger partial charge in [0.05, 0.1) is 21.9 Å². The number of carbonyl (C=O) groups is 1. The van der Waals surface area contributed by atoms with Gasteiger partial charge in [-0.2, -0.15) is 0 Å². The van der Waals surface area contributed by atoms with Crippen LogP contribution >= 0.6 is 34.7 Å².